The van der Waals surface area contributed by atoms with Crippen LogP contribution in [0.1, 0.15) is 33.1 Å². The summed E-state index contributed by atoms with van der Waals surface area (Å²) in [5.41, 5.74) is 0. The van der Waals surface area contributed by atoms with Gasteiger partial charge in [0.15, 0.2) is 0 Å². The standard InChI is InChI=1S/C13H22N2O4S/c1-4-10-12(16)14-7-5-6-11(14)13(17)15(10)9(2)8-20(3,18)19/h9-11H,4-8H2,1-3H3. The van der Waals surface area contributed by atoms with Gasteiger partial charge in [0.1, 0.15) is 21.9 Å². The Morgan fingerprint density at radius 2 is 1.95 bits per heavy atom. The lowest BCUT2D eigenvalue weighted by Gasteiger charge is -2.44. The maximum absolute atomic E-state index is 12.6. The Kier molecular flexibility index (Phi) is 4.09. The third-order valence-electron chi connectivity index (χ3n) is 4.10. The second kappa shape index (κ2) is 5.35. The molecule has 2 fully saturated rings. The van der Waals surface area contributed by atoms with E-state index >= 15 is 0 Å². The zero-order chi connectivity index (χ0) is 15.1. The van der Waals surface area contributed by atoms with Gasteiger partial charge in [0.2, 0.25) is 11.8 Å². The summed E-state index contributed by atoms with van der Waals surface area (Å²) in [5.74, 6) is -0.227. The smallest absolute Gasteiger partial charge is 0.246 e. The summed E-state index contributed by atoms with van der Waals surface area (Å²) >= 11 is 0. The molecule has 7 heteroatoms. The molecule has 3 atom stereocenters. The number of sulfone groups is 1. The lowest BCUT2D eigenvalue weighted by Crippen LogP contribution is -2.65. The summed E-state index contributed by atoms with van der Waals surface area (Å²) in [6.07, 6.45) is 3.19. The van der Waals surface area contributed by atoms with Crippen LogP contribution in [0.4, 0.5) is 0 Å². The minimum atomic E-state index is -3.19. The van der Waals surface area contributed by atoms with Gasteiger partial charge in [-0.15, -0.1) is 0 Å². The normalized spacial score (nSPS) is 28.8. The Morgan fingerprint density at radius 3 is 2.50 bits per heavy atom. The van der Waals surface area contributed by atoms with Crippen LogP contribution in [0.5, 0.6) is 0 Å². The molecule has 0 N–H and O–H groups in total. The molecule has 20 heavy (non-hydrogen) atoms. The number of amides is 2. The van der Waals surface area contributed by atoms with E-state index in [2.05, 4.69) is 0 Å². The predicted octanol–water partition coefficient (Wildman–Crippen LogP) is 0.0313. The van der Waals surface area contributed by atoms with Crippen molar-refractivity contribution >= 4 is 21.7 Å². The average Bonchev–Trinajstić information content (AvgIpc) is 2.80. The Hall–Kier alpha value is -1.11. The maximum Gasteiger partial charge on any atom is 0.246 e. The molecule has 0 radical (unpaired) electrons. The molecule has 0 saturated carbocycles. The summed E-state index contributed by atoms with van der Waals surface area (Å²) in [7, 11) is -3.19. The highest BCUT2D eigenvalue weighted by Gasteiger charge is 2.48. The van der Waals surface area contributed by atoms with Crippen LogP contribution in [0.2, 0.25) is 0 Å². The SMILES string of the molecule is CCC1C(=O)N2CCCC2C(=O)N1C(C)CS(C)(=O)=O. The van der Waals surface area contributed by atoms with Crippen molar-refractivity contribution < 1.29 is 18.0 Å². The van der Waals surface area contributed by atoms with Gasteiger partial charge in [0, 0.05) is 18.8 Å². The van der Waals surface area contributed by atoms with Gasteiger partial charge in [-0.2, -0.15) is 0 Å². The molecule has 6 nitrogen and oxygen atoms in total. The Morgan fingerprint density at radius 1 is 1.30 bits per heavy atom. The number of nitrogens with zero attached hydrogens (tertiary/aromatic N) is 2. The van der Waals surface area contributed by atoms with E-state index in [0.717, 1.165) is 12.7 Å². The molecule has 0 aromatic carbocycles. The van der Waals surface area contributed by atoms with Gasteiger partial charge in [-0.3, -0.25) is 9.59 Å². The number of carbonyl (C=O) groups excluding carboxylic acids is 2. The van der Waals surface area contributed by atoms with Crippen LogP contribution >= 0.6 is 0 Å². The molecule has 2 aliphatic rings. The zero-order valence-electron chi connectivity index (χ0n) is 12.2. The first-order valence-electron chi connectivity index (χ1n) is 7.06. The Balaban J connectivity index is 2.29. The second-order valence-corrected chi connectivity index (χ2v) is 7.99. The number of fused-ring (bicyclic) bond motifs is 1. The first-order chi connectivity index (χ1) is 9.26. The number of hydrogen-bond acceptors (Lipinski definition) is 4. The van der Waals surface area contributed by atoms with Crippen LogP contribution in [0.3, 0.4) is 0 Å². The van der Waals surface area contributed by atoms with Gasteiger partial charge in [-0.1, -0.05) is 6.92 Å². The molecular formula is C13H22N2O4S. The van der Waals surface area contributed by atoms with Crippen LogP contribution in [-0.2, 0) is 19.4 Å². The largest absolute Gasteiger partial charge is 0.329 e. The predicted molar refractivity (Wildman–Crippen MR) is 74.8 cm³/mol. The molecule has 0 bridgehead atoms. The second-order valence-electron chi connectivity index (χ2n) is 5.80. The van der Waals surface area contributed by atoms with Crippen LogP contribution in [-0.4, -0.2) is 66.7 Å². The minimum Gasteiger partial charge on any atom is -0.329 e. The van der Waals surface area contributed by atoms with Gasteiger partial charge in [-0.05, 0) is 26.2 Å². The number of hydrogen-bond donors (Lipinski definition) is 0. The highest BCUT2D eigenvalue weighted by molar-refractivity contribution is 7.90. The van der Waals surface area contributed by atoms with Gasteiger partial charge in [0.25, 0.3) is 0 Å². The number of rotatable bonds is 4. The van der Waals surface area contributed by atoms with Crippen LogP contribution in [0, 0.1) is 0 Å². The Labute approximate surface area is 120 Å². The van der Waals surface area contributed by atoms with Crippen molar-refractivity contribution in [1.82, 2.24) is 9.80 Å². The van der Waals surface area contributed by atoms with E-state index in [-0.39, 0.29) is 23.6 Å². The molecule has 3 unspecified atom stereocenters. The van der Waals surface area contributed by atoms with E-state index in [4.69, 9.17) is 0 Å². The molecule has 0 aromatic heterocycles. The molecule has 0 aromatic rings. The van der Waals surface area contributed by atoms with Gasteiger partial charge in [-0.25, -0.2) is 8.42 Å². The van der Waals surface area contributed by atoms with Crippen LogP contribution in [0.25, 0.3) is 0 Å². The molecule has 0 aliphatic carbocycles. The average molecular weight is 302 g/mol. The zero-order valence-corrected chi connectivity index (χ0v) is 13.0. The fourth-order valence-corrected chi connectivity index (χ4v) is 4.37. The van der Waals surface area contributed by atoms with E-state index in [0.29, 0.717) is 19.4 Å². The minimum absolute atomic E-state index is 0.0325. The fourth-order valence-electron chi connectivity index (χ4n) is 3.34. The monoisotopic (exact) mass is 302 g/mol. The van der Waals surface area contributed by atoms with Gasteiger partial charge >= 0.3 is 0 Å². The molecule has 2 saturated heterocycles. The van der Waals surface area contributed by atoms with Crippen molar-refractivity contribution in [3.63, 3.8) is 0 Å². The van der Waals surface area contributed by atoms with Gasteiger partial charge < -0.3 is 9.80 Å². The van der Waals surface area contributed by atoms with Crippen molar-refractivity contribution in [2.24, 2.45) is 0 Å². The maximum atomic E-state index is 12.6. The quantitative estimate of drug-likeness (QED) is 0.734. The van der Waals surface area contributed by atoms with Crippen molar-refractivity contribution in [2.45, 2.75) is 51.2 Å². The van der Waals surface area contributed by atoms with Crippen molar-refractivity contribution in [3.05, 3.63) is 0 Å². The van der Waals surface area contributed by atoms with Gasteiger partial charge in [0.05, 0.1) is 5.75 Å². The molecule has 2 rings (SSSR count). The highest BCUT2D eigenvalue weighted by Crippen LogP contribution is 2.29. The molecule has 2 aliphatic heterocycles. The lowest BCUT2D eigenvalue weighted by molar-refractivity contribution is -0.161. The molecular weight excluding hydrogens is 280 g/mol. The van der Waals surface area contributed by atoms with E-state index in [1.165, 1.54) is 4.90 Å². The third-order valence-corrected chi connectivity index (χ3v) is 5.19. The van der Waals surface area contributed by atoms with E-state index in [9.17, 15) is 18.0 Å². The van der Waals surface area contributed by atoms with Crippen LogP contribution in [0.15, 0.2) is 0 Å². The number of piperazine rings is 1. The van der Waals surface area contributed by atoms with Crippen molar-refractivity contribution in [2.75, 3.05) is 18.6 Å². The summed E-state index contributed by atoms with van der Waals surface area (Å²) < 4.78 is 22.9. The molecule has 0 spiro atoms. The topological polar surface area (TPSA) is 74.8 Å². The van der Waals surface area contributed by atoms with E-state index in [1.807, 2.05) is 6.92 Å². The third kappa shape index (κ3) is 2.68. The van der Waals surface area contributed by atoms with Crippen molar-refractivity contribution in [1.29, 1.82) is 0 Å². The Bertz CT molecular complexity index is 516. The summed E-state index contributed by atoms with van der Waals surface area (Å²) in [4.78, 5) is 28.2. The summed E-state index contributed by atoms with van der Waals surface area (Å²) in [6.45, 7) is 4.20. The first kappa shape index (κ1) is 15.3. The summed E-state index contributed by atoms with van der Waals surface area (Å²) in [5, 5.41) is 0. The highest BCUT2D eigenvalue weighted by atomic mass is 32.2. The van der Waals surface area contributed by atoms with Crippen LogP contribution < -0.4 is 0 Å². The lowest BCUT2D eigenvalue weighted by atomic mass is 10.0. The molecule has 2 amide bonds. The fraction of sp³-hybridized carbons (Fsp3) is 0.846. The van der Waals surface area contributed by atoms with Crippen molar-refractivity contribution in [3.8, 4) is 0 Å². The first-order valence-corrected chi connectivity index (χ1v) is 9.12. The van der Waals surface area contributed by atoms with E-state index < -0.39 is 21.9 Å². The molecule has 2 heterocycles. The summed E-state index contributed by atoms with van der Waals surface area (Å²) in [6, 6.07) is -1.37. The molecule has 114 valence electrons. The number of carbonyl (C=O) groups is 2. The van der Waals surface area contributed by atoms with E-state index in [1.54, 1.807) is 11.8 Å².